The van der Waals surface area contributed by atoms with Crippen molar-refractivity contribution in [2.45, 2.75) is 18.5 Å². The standard InChI is InChI=1S/C17H12F6N2O2/c18-15(16(19,20)21)17(22,23)27-13-8-6-11(7-9-13)10-24-25-14(26)12-4-2-1-3-5-12/h1-10,15H,(H,25,26)/b24-10-/t15-/m1/s1. The molecule has 0 saturated heterocycles. The van der Waals surface area contributed by atoms with Crippen LogP contribution in [0.3, 0.4) is 0 Å². The normalized spacial score (nSPS) is 13.4. The molecule has 0 bridgehead atoms. The number of amides is 1. The monoisotopic (exact) mass is 390 g/mol. The lowest BCUT2D eigenvalue weighted by atomic mass is 10.2. The molecule has 1 amide bonds. The molecule has 1 atom stereocenters. The highest BCUT2D eigenvalue weighted by molar-refractivity contribution is 5.94. The molecule has 27 heavy (non-hydrogen) atoms. The van der Waals surface area contributed by atoms with E-state index in [9.17, 15) is 31.1 Å². The average molecular weight is 390 g/mol. The Hall–Kier alpha value is -3.04. The molecule has 0 aliphatic carbocycles. The Morgan fingerprint density at radius 1 is 1.00 bits per heavy atom. The largest absolute Gasteiger partial charge is 0.439 e. The summed E-state index contributed by atoms with van der Waals surface area (Å²) in [5, 5.41) is 3.66. The number of hydrazone groups is 1. The molecule has 0 saturated carbocycles. The molecule has 2 rings (SSSR count). The van der Waals surface area contributed by atoms with Gasteiger partial charge in [0.05, 0.1) is 6.21 Å². The van der Waals surface area contributed by atoms with Crippen molar-refractivity contribution >= 4 is 12.1 Å². The van der Waals surface area contributed by atoms with Crippen molar-refractivity contribution in [3.05, 3.63) is 65.7 Å². The summed E-state index contributed by atoms with van der Waals surface area (Å²) >= 11 is 0. The smallest absolute Gasteiger partial charge is 0.430 e. The van der Waals surface area contributed by atoms with Gasteiger partial charge >= 0.3 is 12.3 Å². The van der Waals surface area contributed by atoms with Gasteiger partial charge in [0, 0.05) is 5.56 Å². The number of rotatable bonds is 6. The van der Waals surface area contributed by atoms with E-state index in [-0.39, 0.29) is 0 Å². The van der Waals surface area contributed by atoms with Crippen LogP contribution in [-0.4, -0.2) is 30.6 Å². The minimum Gasteiger partial charge on any atom is -0.430 e. The number of nitrogens with one attached hydrogen (secondary N) is 1. The molecule has 0 fully saturated rings. The lowest BCUT2D eigenvalue weighted by Gasteiger charge is -2.23. The Balaban J connectivity index is 1.96. The molecule has 0 aromatic heterocycles. The van der Waals surface area contributed by atoms with Crippen molar-refractivity contribution in [3.63, 3.8) is 0 Å². The van der Waals surface area contributed by atoms with Crippen LogP contribution in [0, 0.1) is 0 Å². The molecule has 0 radical (unpaired) electrons. The van der Waals surface area contributed by atoms with Gasteiger partial charge in [0.15, 0.2) is 0 Å². The molecule has 144 valence electrons. The zero-order chi connectivity index (χ0) is 20.1. The van der Waals surface area contributed by atoms with E-state index in [4.69, 9.17) is 0 Å². The number of carbonyl (C=O) groups excluding carboxylic acids is 1. The quantitative estimate of drug-likeness (QED) is 0.454. The number of hydrogen-bond donors (Lipinski definition) is 1. The fraction of sp³-hybridized carbons (Fsp3) is 0.176. The van der Waals surface area contributed by atoms with Gasteiger partial charge in [-0.15, -0.1) is 0 Å². The Morgan fingerprint density at radius 2 is 1.59 bits per heavy atom. The summed E-state index contributed by atoms with van der Waals surface area (Å²) < 4.78 is 79.1. The molecule has 0 heterocycles. The third-order valence-electron chi connectivity index (χ3n) is 3.13. The molecular formula is C17H12F6N2O2. The molecular weight excluding hydrogens is 378 g/mol. The van der Waals surface area contributed by atoms with Crippen molar-refractivity contribution in [2.75, 3.05) is 0 Å². The van der Waals surface area contributed by atoms with E-state index in [1.165, 1.54) is 18.3 Å². The third kappa shape index (κ3) is 5.73. The van der Waals surface area contributed by atoms with Crippen molar-refractivity contribution in [3.8, 4) is 5.75 Å². The second-order valence-corrected chi connectivity index (χ2v) is 5.20. The summed E-state index contributed by atoms with van der Waals surface area (Å²) in [6.07, 6.45) is -14.1. The van der Waals surface area contributed by atoms with E-state index in [0.29, 0.717) is 11.1 Å². The van der Waals surface area contributed by atoms with Gasteiger partial charge < -0.3 is 4.74 Å². The number of ether oxygens (including phenoxy) is 1. The van der Waals surface area contributed by atoms with Gasteiger partial charge in [0.25, 0.3) is 12.1 Å². The summed E-state index contributed by atoms with van der Waals surface area (Å²) in [6.45, 7) is 0. The van der Waals surface area contributed by atoms with E-state index in [0.717, 1.165) is 12.1 Å². The van der Waals surface area contributed by atoms with E-state index < -0.39 is 30.1 Å². The number of carbonyl (C=O) groups is 1. The first kappa shape index (κ1) is 20.3. The fourth-order valence-corrected chi connectivity index (χ4v) is 1.84. The highest BCUT2D eigenvalue weighted by atomic mass is 19.4. The van der Waals surface area contributed by atoms with Crippen LogP contribution in [0.15, 0.2) is 59.7 Å². The molecule has 10 heteroatoms. The molecule has 0 aliphatic heterocycles. The summed E-state index contributed by atoms with van der Waals surface area (Å²) in [5.41, 5.74) is 2.93. The fourth-order valence-electron chi connectivity index (χ4n) is 1.84. The predicted octanol–water partition coefficient (Wildman–Crippen LogP) is 4.32. The van der Waals surface area contributed by atoms with E-state index in [1.807, 2.05) is 0 Å². The van der Waals surface area contributed by atoms with Gasteiger partial charge in [-0.1, -0.05) is 18.2 Å². The van der Waals surface area contributed by atoms with E-state index >= 15 is 0 Å². The molecule has 1 N–H and O–H groups in total. The third-order valence-corrected chi connectivity index (χ3v) is 3.13. The SMILES string of the molecule is O=C(N/N=C\c1ccc(OC(F)(F)[C@H](F)C(F)(F)F)cc1)c1ccccc1. The summed E-state index contributed by atoms with van der Waals surface area (Å²) in [4.78, 5) is 11.7. The van der Waals surface area contributed by atoms with Crippen LogP contribution in [0.4, 0.5) is 26.3 Å². The summed E-state index contributed by atoms with van der Waals surface area (Å²) in [7, 11) is 0. The molecule has 0 aliphatic rings. The maximum atomic E-state index is 13.2. The van der Waals surface area contributed by atoms with E-state index in [2.05, 4.69) is 15.3 Å². The van der Waals surface area contributed by atoms with Crippen LogP contribution >= 0.6 is 0 Å². The van der Waals surface area contributed by atoms with Crippen LogP contribution in [0.25, 0.3) is 0 Å². The van der Waals surface area contributed by atoms with Crippen LogP contribution in [-0.2, 0) is 0 Å². The predicted molar refractivity (Wildman–Crippen MR) is 84.5 cm³/mol. The van der Waals surface area contributed by atoms with Gasteiger partial charge in [-0.2, -0.15) is 27.1 Å². The highest BCUT2D eigenvalue weighted by Gasteiger charge is 2.59. The number of nitrogens with zero attached hydrogens (tertiary/aromatic N) is 1. The molecule has 4 nitrogen and oxygen atoms in total. The highest BCUT2D eigenvalue weighted by Crippen LogP contribution is 2.36. The summed E-state index contributed by atoms with van der Waals surface area (Å²) in [6, 6.07) is 12.4. The molecule has 0 unspecified atom stereocenters. The second-order valence-electron chi connectivity index (χ2n) is 5.20. The second kappa shape index (κ2) is 8.11. The topological polar surface area (TPSA) is 50.7 Å². The van der Waals surface area contributed by atoms with E-state index in [1.54, 1.807) is 30.3 Å². The maximum Gasteiger partial charge on any atom is 0.439 e. The number of alkyl halides is 6. The van der Waals surface area contributed by atoms with Gasteiger partial charge in [-0.25, -0.2) is 9.82 Å². The van der Waals surface area contributed by atoms with Crippen molar-refractivity contribution in [1.82, 2.24) is 5.43 Å². The zero-order valence-electron chi connectivity index (χ0n) is 13.4. The number of halogens is 6. The van der Waals surface area contributed by atoms with Gasteiger partial charge in [-0.05, 0) is 42.0 Å². The first-order chi connectivity index (χ1) is 12.6. The van der Waals surface area contributed by atoms with Crippen molar-refractivity contribution < 1.29 is 35.9 Å². The Morgan fingerprint density at radius 3 is 2.15 bits per heavy atom. The Bertz CT molecular complexity index is 791. The lowest BCUT2D eigenvalue weighted by Crippen LogP contribution is -2.45. The van der Waals surface area contributed by atoms with Gasteiger partial charge in [0.1, 0.15) is 5.75 Å². The van der Waals surface area contributed by atoms with Crippen LogP contribution < -0.4 is 10.2 Å². The lowest BCUT2D eigenvalue weighted by molar-refractivity contribution is -0.304. The van der Waals surface area contributed by atoms with Crippen LogP contribution in [0.5, 0.6) is 5.75 Å². The summed E-state index contributed by atoms with van der Waals surface area (Å²) in [5.74, 6) is -1.15. The minimum atomic E-state index is -5.76. The van der Waals surface area contributed by atoms with Crippen LogP contribution in [0.2, 0.25) is 0 Å². The first-order valence-corrected chi connectivity index (χ1v) is 7.36. The zero-order valence-corrected chi connectivity index (χ0v) is 13.4. The van der Waals surface area contributed by atoms with Gasteiger partial charge in [-0.3, -0.25) is 4.79 Å². The maximum absolute atomic E-state index is 13.2. The van der Waals surface area contributed by atoms with Crippen LogP contribution in [0.1, 0.15) is 15.9 Å². The Kier molecular flexibility index (Phi) is 6.09. The molecule has 2 aromatic carbocycles. The average Bonchev–Trinajstić information content (AvgIpc) is 2.62. The molecule has 0 spiro atoms. The molecule has 2 aromatic rings. The Labute approximate surface area is 149 Å². The first-order valence-electron chi connectivity index (χ1n) is 7.36. The number of benzene rings is 2. The van der Waals surface area contributed by atoms with Crippen molar-refractivity contribution in [2.24, 2.45) is 5.10 Å². The number of hydrogen-bond acceptors (Lipinski definition) is 3. The minimum absolute atomic E-state index is 0.326. The van der Waals surface area contributed by atoms with Gasteiger partial charge in [0.2, 0.25) is 0 Å². The van der Waals surface area contributed by atoms with Crippen molar-refractivity contribution in [1.29, 1.82) is 0 Å².